The maximum Gasteiger partial charge on any atom is 0.229 e. The second kappa shape index (κ2) is 7.72. The number of rotatable bonds is 5. The molecule has 1 fully saturated rings. The molecule has 28 heavy (non-hydrogen) atoms. The van der Waals surface area contributed by atoms with Gasteiger partial charge in [0.15, 0.2) is 0 Å². The molecule has 1 heterocycles. The van der Waals surface area contributed by atoms with E-state index >= 15 is 0 Å². The number of benzene rings is 3. The van der Waals surface area contributed by atoms with Gasteiger partial charge in [0.25, 0.3) is 0 Å². The Kier molecular flexibility index (Phi) is 4.98. The van der Waals surface area contributed by atoms with Gasteiger partial charge in [0.05, 0.1) is 13.0 Å². The van der Waals surface area contributed by atoms with Crippen LogP contribution in [0.5, 0.6) is 5.75 Å². The second-order valence-electron chi connectivity index (χ2n) is 7.07. The largest absolute Gasteiger partial charge is 0.497 e. The van der Waals surface area contributed by atoms with Crippen molar-refractivity contribution < 1.29 is 14.3 Å². The summed E-state index contributed by atoms with van der Waals surface area (Å²) >= 11 is 0. The number of carbonyl (C=O) groups is 2. The van der Waals surface area contributed by atoms with Gasteiger partial charge in [0.2, 0.25) is 11.8 Å². The Morgan fingerprint density at radius 2 is 1.82 bits per heavy atom. The summed E-state index contributed by atoms with van der Waals surface area (Å²) in [5.41, 5.74) is 1.77. The van der Waals surface area contributed by atoms with Crippen LogP contribution in [-0.2, 0) is 16.1 Å². The summed E-state index contributed by atoms with van der Waals surface area (Å²) in [4.78, 5) is 26.8. The molecule has 0 unspecified atom stereocenters. The minimum absolute atomic E-state index is 0.00878. The van der Waals surface area contributed by atoms with Crippen LogP contribution in [0.25, 0.3) is 10.8 Å². The average molecular weight is 374 g/mol. The van der Waals surface area contributed by atoms with Crippen molar-refractivity contribution in [3.8, 4) is 5.75 Å². The Morgan fingerprint density at radius 3 is 2.57 bits per heavy atom. The fourth-order valence-corrected chi connectivity index (χ4v) is 3.56. The van der Waals surface area contributed by atoms with Crippen molar-refractivity contribution in [3.63, 3.8) is 0 Å². The average Bonchev–Trinajstić information content (AvgIpc) is 3.09. The van der Waals surface area contributed by atoms with Gasteiger partial charge in [0, 0.05) is 25.2 Å². The number of hydrogen-bond donors (Lipinski definition) is 1. The third-order valence-electron chi connectivity index (χ3n) is 5.13. The lowest BCUT2D eigenvalue weighted by molar-refractivity contribution is -0.128. The molecule has 4 rings (SSSR count). The van der Waals surface area contributed by atoms with Gasteiger partial charge in [-0.25, -0.2) is 0 Å². The van der Waals surface area contributed by atoms with Crippen LogP contribution in [0.4, 0.5) is 5.69 Å². The molecule has 5 nitrogen and oxygen atoms in total. The van der Waals surface area contributed by atoms with Crippen molar-refractivity contribution in [2.24, 2.45) is 5.92 Å². The molecule has 1 atom stereocenters. The van der Waals surface area contributed by atoms with E-state index in [2.05, 4.69) is 5.32 Å². The summed E-state index contributed by atoms with van der Waals surface area (Å²) in [6.07, 6.45) is 0.246. The Morgan fingerprint density at radius 1 is 1.07 bits per heavy atom. The number of anilines is 1. The highest BCUT2D eigenvalue weighted by molar-refractivity contribution is 5.98. The van der Waals surface area contributed by atoms with Gasteiger partial charge in [0.1, 0.15) is 5.75 Å². The highest BCUT2D eigenvalue weighted by Gasteiger charge is 2.34. The van der Waals surface area contributed by atoms with E-state index in [0.717, 1.165) is 27.8 Å². The minimum Gasteiger partial charge on any atom is -0.497 e. The van der Waals surface area contributed by atoms with Crippen LogP contribution in [0.15, 0.2) is 66.7 Å². The first kappa shape index (κ1) is 18.0. The van der Waals surface area contributed by atoms with Gasteiger partial charge in [-0.3, -0.25) is 9.59 Å². The van der Waals surface area contributed by atoms with Crippen molar-refractivity contribution >= 4 is 28.3 Å². The number of methoxy groups -OCH3 is 1. The first-order chi connectivity index (χ1) is 13.6. The standard InChI is InChI=1S/C23H22N2O3/c1-28-21-10-6-16(7-11-21)14-25-15-19(13-22(25)26)23(27)24-20-9-8-17-4-2-3-5-18(17)12-20/h2-12,19H,13-15H2,1H3,(H,24,27)/t19-/m0/s1. The number of ether oxygens (including phenoxy) is 1. The van der Waals surface area contributed by atoms with Crippen LogP contribution in [0.2, 0.25) is 0 Å². The summed E-state index contributed by atoms with van der Waals surface area (Å²) in [6, 6.07) is 21.5. The zero-order chi connectivity index (χ0) is 19.5. The molecule has 3 aromatic carbocycles. The Labute approximate surface area is 163 Å². The zero-order valence-corrected chi connectivity index (χ0v) is 15.7. The van der Waals surface area contributed by atoms with Crippen LogP contribution in [0.3, 0.4) is 0 Å². The number of nitrogens with zero attached hydrogens (tertiary/aromatic N) is 1. The molecule has 1 saturated heterocycles. The molecule has 0 aromatic heterocycles. The fourth-order valence-electron chi connectivity index (χ4n) is 3.56. The third kappa shape index (κ3) is 3.83. The van der Waals surface area contributed by atoms with E-state index in [1.54, 1.807) is 12.0 Å². The summed E-state index contributed by atoms with van der Waals surface area (Å²) in [5, 5.41) is 5.16. The van der Waals surface area contributed by atoms with Crippen LogP contribution < -0.4 is 10.1 Å². The van der Waals surface area contributed by atoms with Crippen LogP contribution in [-0.4, -0.2) is 30.4 Å². The Bertz CT molecular complexity index is 1010. The van der Waals surface area contributed by atoms with Gasteiger partial charge >= 0.3 is 0 Å². The molecule has 1 aliphatic heterocycles. The SMILES string of the molecule is COc1ccc(CN2C[C@@H](C(=O)Nc3ccc4ccccc4c3)CC2=O)cc1. The topological polar surface area (TPSA) is 58.6 Å². The number of amides is 2. The Hall–Kier alpha value is -3.34. The molecule has 2 amide bonds. The molecular formula is C23H22N2O3. The molecule has 0 aliphatic carbocycles. The monoisotopic (exact) mass is 374 g/mol. The highest BCUT2D eigenvalue weighted by atomic mass is 16.5. The summed E-state index contributed by atoms with van der Waals surface area (Å²) < 4.78 is 5.16. The maximum absolute atomic E-state index is 12.7. The number of nitrogens with one attached hydrogen (secondary N) is 1. The molecule has 5 heteroatoms. The molecule has 0 bridgehead atoms. The van der Waals surface area contributed by atoms with Crippen molar-refractivity contribution in [1.82, 2.24) is 4.90 Å². The van der Waals surface area contributed by atoms with E-state index in [1.165, 1.54) is 0 Å². The van der Waals surface area contributed by atoms with E-state index in [-0.39, 0.29) is 24.2 Å². The highest BCUT2D eigenvalue weighted by Crippen LogP contribution is 2.24. The number of likely N-dealkylation sites (tertiary alicyclic amines) is 1. The smallest absolute Gasteiger partial charge is 0.229 e. The lowest BCUT2D eigenvalue weighted by Crippen LogP contribution is -2.28. The van der Waals surface area contributed by atoms with E-state index in [0.29, 0.717) is 13.1 Å². The van der Waals surface area contributed by atoms with E-state index < -0.39 is 0 Å². The number of fused-ring (bicyclic) bond motifs is 1. The lowest BCUT2D eigenvalue weighted by Gasteiger charge is -2.17. The van der Waals surface area contributed by atoms with Crippen LogP contribution >= 0.6 is 0 Å². The van der Waals surface area contributed by atoms with E-state index in [9.17, 15) is 9.59 Å². The summed E-state index contributed by atoms with van der Waals surface area (Å²) in [5.74, 6) is 0.344. The molecule has 1 aliphatic rings. The van der Waals surface area contributed by atoms with E-state index in [4.69, 9.17) is 4.74 Å². The molecule has 0 radical (unpaired) electrons. The predicted molar refractivity (Wildman–Crippen MR) is 109 cm³/mol. The van der Waals surface area contributed by atoms with E-state index in [1.807, 2.05) is 66.7 Å². The Balaban J connectivity index is 1.40. The predicted octanol–water partition coefficient (Wildman–Crippen LogP) is 3.84. The quantitative estimate of drug-likeness (QED) is 0.738. The molecule has 1 N–H and O–H groups in total. The van der Waals surface area contributed by atoms with Gasteiger partial charge in [-0.15, -0.1) is 0 Å². The zero-order valence-electron chi connectivity index (χ0n) is 15.7. The van der Waals surface area contributed by atoms with Crippen LogP contribution in [0.1, 0.15) is 12.0 Å². The van der Waals surface area contributed by atoms with Gasteiger partial charge in [-0.05, 0) is 40.6 Å². The van der Waals surface area contributed by atoms with Crippen molar-refractivity contribution in [3.05, 3.63) is 72.3 Å². The number of hydrogen-bond acceptors (Lipinski definition) is 3. The first-order valence-corrected chi connectivity index (χ1v) is 9.33. The first-order valence-electron chi connectivity index (χ1n) is 9.33. The summed E-state index contributed by atoms with van der Waals surface area (Å²) in [6.45, 7) is 0.937. The van der Waals surface area contributed by atoms with Crippen molar-refractivity contribution in [2.75, 3.05) is 19.0 Å². The van der Waals surface area contributed by atoms with Crippen LogP contribution in [0, 0.1) is 5.92 Å². The van der Waals surface area contributed by atoms with Gasteiger partial charge in [-0.2, -0.15) is 0 Å². The lowest BCUT2D eigenvalue weighted by atomic mass is 10.1. The molecule has 0 saturated carbocycles. The minimum atomic E-state index is -0.336. The second-order valence-corrected chi connectivity index (χ2v) is 7.07. The normalized spacial score (nSPS) is 16.4. The maximum atomic E-state index is 12.7. The molecule has 0 spiro atoms. The van der Waals surface area contributed by atoms with Crippen molar-refractivity contribution in [1.29, 1.82) is 0 Å². The number of carbonyl (C=O) groups excluding carboxylic acids is 2. The fraction of sp³-hybridized carbons (Fsp3) is 0.217. The van der Waals surface area contributed by atoms with Gasteiger partial charge < -0.3 is 15.0 Å². The van der Waals surface area contributed by atoms with Crippen molar-refractivity contribution in [2.45, 2.75) is 13.0 Å². The molecule has 3 aromatic rings. The molecule has 142 valence electrons. The summed E-state index contributed by atoms with van der Waals surface area (Å²) in [7, 11) is 1.62. The molecular weight excluding hydrogens is 352 g/mol. The third-order valence-corrected chi connectivity index (χ3v) is 5.13. The van der Waals surface area contributed by atoms with Gasteiger partial charge in [-0.1, -0.05) is 42.5 Å².